The number of nitrogens with one attached hydrogen (secondary N) is 2. The van der Waals surface area contributed by atoms with Gasteiger partial charge in [-0.2, -0.15) is 4.98 Å². The van der Waals surface area contributed by atoms with Crippen molar-refractivity contribution in [3.63, 3.8) is 0 Å². The van der Waals surface area contributed by atoms with Crippen LogP contribution in [-0.4, -0.2) is 21.6 Å². The molecule has 1 heterocycles. The molecule has 1 aromatic heterocycles. The summed E-state index contributed by atoms with van der Waals surface area (Å²) in [7, 11) is 0. The van der Waals surface area contributed by atoms with Crippen LogP contribution in [0.4, 0.5) is 5.95 Å². The van der Waals surface area contributed by atoms with Crippen LogP contribution in [-0.2, 0) is 5.41 Å². The number of thiocarbonyl (C=S) groups is 1. The Bertz CT molecular complexity index is 989. The van der Waals surface area contributed by atoms with Gasteiger partial charge in [-0.1, -0.05) is 61.4 Å². The minimum absolute atomic E-state index is 0.127. The number of hydrogen-bond donors (Lipinski definition) is 2. The van der Waals surface area contributed by atoms with Gasteiger partial charge in [0, 0.05) is 23.7 Å². The van der Waals surface area contributed by atoms with Gasteiger partial charge in [-0.25, -0.2) is 4.98 Å². The van der Waals surface area contributed by atoms with Crippen LogP contribution in [0.3, 0.4) is 0 Å². The third-order valence-electron chi connectivity index (χ3n) is 5.56. The Morgan fingerprint density at radius 3 is 2.37 bits per heavy atom. The van der Waals surface area contributed by atoms with Crippen LogP contribution in [0.15, 0.2) is 66.7 Å². The largest absolute Gasteiger partial charge is 0.439 e. The Morgan fingerprint density at radius 2 is 1.67 bits per heavy atom. The van der Waals surface area contributed by atoms with E-state index in [1.54, 1.807) is 6.07 Å². The van der Waals surface area contributed by atoms with E-state index in [1.807, 2.05) is 37.3 Å². The number of ether oxygens (including phenoxy) is 1. The van der Waals surface area contributed by atoms with E-state index >= 15 is 0 Å². The van der Waals surface area contributed by atoms with Crippen LogP contribution >= 0.6 is 12.2 Å². The number of benzene rings is 2. The summed E-state index contributed by atoms with van der Waals surface area (Å²) in [6.07, 6.45) is 4.83. The van der Waals surface area contributed by atoms with Crippen molar-refractivity contribution in [3.8, 4) is 11.6 Å². The number of anilines is 1. The number of rotatable bonds is 6. The molecule has 154 valence electrons. The molecule has 4 rings (SSSR count). The lowest BCUT2D eigenvalue weighted by atomic mass is 9.79. The molecule has 0 aliphatic heterocycles. The fourth-order valence-corrected chi connectivity index (χ4v) is 4.23. The molecule has 2 aromatic carbocycles. The van der Waals surface area contributed by atoms with Crippen LogP contribution in [0.5, 0.6) is 11.6 Å². The molecule has 0 atom stereocenters. The van der Waals surface area contributed by atoms with E-state index in [9.17, 15) is 0 Å². The standard InChI is InChI=1S/C24H26N4OS/c1-18-16-21(29-20-12-6-3-7-13-20)27-22(26-18)28-23(30)25-17-24(14-8-9-15-24)19-10-4-2-5-11-19/h2-7,10-13,16H,8-9,14-15,17H2,1H3,(H2,25,26,27,28,30). The Morgan fingerprint density at radius 1 is 1.00 bits per heavy atom. The zero-order valence-electron chi connectivity index (χ0n) is 17.1. The first-order valence-electron chi connectivity index (χ1n) is 10.3. The molecule has 1 saturated carbocycles. The minimum atomic E-state index is 0.127. The highest BCUT2D eigenvalue weighted by molar-refractivity contribution is 7.80. The number of para-hydroxylation sites is 1. The first-order valence-corrected chi connectivity index (χ1v) is 10.7. The molecular formula is C24H26N4OS. The van der Waals surface area contributed by atoms with E-state index in [0.29, 0.717) is 16.9 Å². The Kier molecular flexibility index (Phi) is 6.23. The highest BCUT2D eigenvalue weighted by Crippen LogP contribution is 2.40. The third kappa shape index (κ3) is 4.94. The average Bonchev–Trinajstić information content (AvgIpc) is 3.24. The molecule has 1 fully saturated rings. The van der Waals surface area contributed by atoms with Crippen molar-refractivity contribution in [3.05, 3.63) is 78.0 Å². The SMILES string of the molecule is Cc1cc(Oc2ccccc2)nc(NC(=S)NCC2(c3ccccc3)CCCC2)n1. The van der Waals surface area contributed by atoms with E-state index in [4.69, 9.17) is 17.0 Å². The maximum atomic E-state index is 5.84. The summed E-state index contributed by atoms with van der Waals surface area (Å²) in [4.78, 5) is 8.89. The number of nitrogens with zero attached hydrogens (tertiary/aromatic N) is 2. The fourth-order valence-electron chi connectivity index (χ4n) is 4.06. The molecule has 0 spiro atoms. The van der Waals surface area contributed by atoms with Gasteiger partial charge in [-0.05, 0) is 49.7 Å². The van der Waals surface area contributed by atoms with E-state index in [2.05, 4.69) is 50.9 Å². The molecule has 2 N–H and O–H groups in total. The predicted molar refractivity (Wildman–Crippen MR) is 124 cm³/mol. The predicted octanol–water partition coefficient (Wildman–Crippen LogP) is 5.38. The topological polar surface area (TPSA) is 59.1 Å². The second kappa shape index (κ2) is 9.22. The molecule has 0 amide bonds. The van der Waals surface area contributed by atoms with E-state index in [1.165, 1.54) is 31.2 Å². The Hall–Kier alpha value is -2.99. The molecule has 6 heteroatoms. The first-order chi connectivity index (χ1) is 14.6. The van der Waals surface area contributed by atoms with Gasteiger partial charge in [0.2, 0.25) is 11.8 Å². The van der Waals surface area contributed by atoms with Gasteiger partial charge >= 0.3 is 0 Å². The minimum Gasteiger partial charge on any atom is -0.439 e. The summed E-state index contributed by atoms with van der Waals surface area (Å²) in [6.45, 7) is 2.70. The summed E-state index contributed by atoms with van der Waals surface area (Å²) >= 11 is 5.54. The van der Waals surface area contributed by atoms with Gasteiger partial charge < -0.3 is 15.4 Å². The van der Waals surface area contributed by atoms with Crippen LogP contribution in [0.25, 0.3) is 0 Å². The molecule has 0 saturated heterocycles. The van der Waals surface area contributed by atoms with Crippen LogP contribution in [0, 0.1) is 6.92 Å². The lowest BCUT2D eigenvalue weighted by Gasteiger charge is -2.30. The maximum absolute atomic E-state index is 5.84. The Balaban J connectivity index is 1.41. The Labute approximate surface area is 182 Å². The van der Waals surface area contributed by atoms with E-state index in [0.717, 1.165) is 18.0 Å². The number of aryl methyl sites for hydroxylation is 1. The molecule has 0 bridgehead atoms. The normalized spacial score (nSPS) is 14.8. The zero-order valence-corrected chi connectivity index (χ0v) is 17.9. The van der Waals surface area contributed by atoms with Crippen molar-refractivity contribution < 1.29 is 4.74 Å². The molecule has 0 radical (unpaired) electrons. The molecular weight excluding hydrogens is 392 g/mol. The molecule has 30 heavy (non-hydrogen) atoms. The van der Waals surface area contributed by atoms with Gasteiger partial charge in [0.05, 0.1) is 0 Å². The van der Waals surface area contributed by atoms with Crippen LogP contribution < -0.4 is 15.4 Å². The molecule has 0 unspecified atom stereocenters. The molecule has 1 aliphatic rings. The molecule has 1 aliphatic carbocycles. The molecule has 5 nitrogen and oxygen atoms in total. The van der Waals surface area contributed by atoms with Crippen molar-refractivity contribution in [2.45, 2.75) is 38.0 Å². The van der Waals surface area contributed by atoms with Gasteiger partial charge in [0.25, 0.3) is 0 Å². The van der Waals surface area contributed by atoms with E-state index in [-0.39, 0.29) is 5.41 Å². The monoisotopic (exact) mass is 418 g/mol. The lowest BCUT2D eigenvalue weighted by Crippen LogP contribution is -2.41. The van der Waals surface area contributed by atoms with Gasteiger partial charge in [-0.15, -0.1) is 0 Å². The summed E-state index contributed by atoms with van der Waals surface area (Å²) < 4.78 is 5.84. The van der Waals surface area contributed by atoms with E-state index < -0.39 is 0 Å². The number of aromatic nitrogens is 2. The van der Waals surface area contributed by atoms with Crippen molar-refractivity contribution in [1.29, 1.82) is 0 Å². The quantitative estimate of drug-likeness (QED) is 0.525. The summed E-state index contributed by atoms with van der Waals surface area (Å²) in [6, 6.07) is 22.1. The smallest absolute Gasteiger partial charge is 0.232 e. The van der Waals surface area contributed by atoms with Crippen molar-refractivity contribution in [1.82, 2.24) is 15.3 Å². The number of hydrogen-bond acceptors (Lipinski definition) is 4. The highest BCUT2D eigenvalue weighted by atomic mass is 32.1. The second-order valence-corrected chi connectivity index (χ2v) is 8.16. The molecule has 3 aromatic rings. The van der Waals surface area contributed by atoms with Gasteiger partial charge in [0.1, 0.15) is 5.75 Å². The third-order valence-corrected chi connectivity index (χ3v) is 5.80. The van der Waals surface area contributed by atoms with Gasteiger partial charge in [-0.3, -0.25) is 0 Å². The van der Waals surface area contributed by atoms with Crippen molar-refractivity contribution >= 4 is 23.3 Å². The average molecular weight is 419 g/mol. The summed E-state index contributed by atoms with van der Waals surface area (Å²) in [5.74, 6) is 1.64. The first kappa shape index (κ1) is 20.3. The van der Waals surface area contributed by atoms with Crippen LogP contribution in [0.2, 0.25) is 0 Å². The lowest BCUT2D eigenvalue weighted by molar-refractivity contribution is 0.435. The highest BCUT2D eigenvalue weighted by Gasteiger charge is 2.35. The summed E-state index contributed by atoms with van der Waals surface area (Å²) in [5.41, 5.74) is 2.31. The van der Waals surface area contributed by atoms with Crippen LogP contribution in [0.1, 0.15) is 36.9 Å². The zero-order chi connectivity index (χ0) is 20.8. The maximum Gasteiger partial charge on any atom is 0.232 e. The fraction of sp³-hybridized carbons (Fsp3) is 0.292. The van der Waals surface area contributed by atoms with Gasteiger partial charge in [0.15, 0.2) is 5.11 Å². The summed E-state index contributed by atoms with van der Waals surface area (Å²) in [5, 5.41) is 7.04. The van der Waals surface area contributed by atoms with Crippen molar-refractivity contribution in [2.24, 2.45) is 0 Å². The van der Waals surface area contributed by atoms with Crippen molar-refractivity contribution in [2.75, 3.05) is 11.9 Å². The second-order valence-electron chi connectivity index (χ2n) is 7.75.